The van der Waals surface area contributed by atoms with Crippen molar-refractivity contribution in [2.45, 2.75) is 20.3 Å². The molecule has 1 N–H and O–H groups in total. The Labute approximate surface area is 152 Å². The van der Waals surface area contributed by atoms with Crippen LogP contribution in [0.1, 0.15) is 28.5 Å². The summed E-state index contributed by atoms with van der Waals surface area (Å²) in [6.07, 6.45) is 2.90. The predicted molar refractivity (Wildman–Crippen MR) is 96.6 cm³/mol. The molecule has 0 aromatic carbocycles. The number of nitrogens with zero attached hydrogens (tertiary/aromatic N) is 3. The Balaban J connectivity index is 1.79. The molecule has 134 valence electrons. The van der Waals surface area contributed by atoms with E-state index in [4.69, 9.17) is 4.74 Å². The Kier molecular flexibility index (Phi) is 5.08. The molecular weight excluding hydrogens is 356 g/mol. The Morgan fingerprint density at radius 1 is 1.35 bits per heavy atom. The molecule has 1 amide bonds. The second-order valence-electron chi connectivity index (χ2n) is 5.49. The summed E-state index contributed by atoms with van der Waals surface area (Å²) < 4.78 is 6.19. The van der Waals surface area contributed by atoms with E-state index in [-0.39, 0.29) is 18.0 Å². The van der Waals surface area contributed by atoms with Crippen LogP contribution in [0.3, 0.4) is 0 Å². The molecule has 3 heterocycles. The summed E-state index contributed by atoms with van der Waals surface area (Å²) in [5.74, 6) is -0.988. The van der Waals surface area contributed by atoms with Gasteiger partial charge in [0, 0.05) is 17.8 Å². The van der Waals surface area contributed by atoms with Crippen molar-refractivity contribution in [3.63, 3.8) is 0 Å². The Bertz CT molecular complexity index is 1040. The fraction of sp³-hybridized carbons (Fsp3) is 0.235. The molecule has 0 saturated carbocycles. The molecule has 0 aliphatic heterocycles. The highest BCUT2D eigenvalue weighted by molar-refractivity contribution is 7.14. The number of carbonyl (C=O) groups excluding carboxylic acids is 2. The van der Waals surface area contributed by atoms with Crippen molar-refractivity contribution in [2.75, 3.05) is 11.9 Å². The standard InChI is InChI=1S/C17H16N4O4S/c1-3-25-14(22)6-11-9-26-17(19-11)20-15(23)12-7-18-13-5-4-10(2)8-21(13)16(12)24/h4-5,7-9H,3,6H2,1-2H3,(H,19,20,23). The number of hydrogen-bond acceptors (Lipinski definition) is 7. The molecule has 9 heteroatoms. The van der Waals surface area contributed by atoms with E-state index in [0.29, 0.717) is 23.1 Å². The van der Waals surface area contributed by atoms with Gasteiger partial charge in [-0.1, -0.05) is 6.07 Å². The van der Waals surface area contributed by atoms with Crippen LogP contribution in [0.4, 0.5) is 5.13 Å². The number of carbonyl (C=O) groups is 2. The number of aromatic nitrogens is 3. The van der Waals surface area contributed by atoms with E-state index < -0.39 is 11.5 Å². The highest BCUT2D eigenvalue weighted by Crippen LogP contribution is 2.16. The summed E-state index contributed by atoms with van der Waals surface area (Å²) in [7, 11) is 0. The molecule has 0 unspecified atom stereocenters. The van der Waals surface area contributed by atoms with Gasteiger partial charge >= 0.3 is 5.97 Å². The number of esters is 1. The molecule has 0 aliphatic rings. The highest BCUT2D eigenvalue weighted by atomic mass is 32.1. The molecule has 0 saturated heterocycles. The van der Waals surface area contributed by atoms with E-state index in [9.17, 15) is 14.4 Å². The van der Waals surface area contributed by atoms with Crippen molar-refractivity contribution >= 4 is 34.0 Å². The summed E-state index contributed by atoms with van der Waals surface area (Å²) in [6, 6.07) is 3.54. The van der Waals surface area contributed by atoms with Gasteiger partial charge < -0.3 is 4.74 Å². The summed E-state index contributed by atoms with van der Waals surface area (Å²) in [6.45, 7) is 3.87. The van der Waals surface area contributed by atoms with E-state index >= 15 is 0 Å². The van der Waals surface area contributed by atoms with Gasteiger partial charge in [0.25, 0.3) is 11.5 Å². The van der Waals surface area contributed by atoms with Crippen LogP contribution in [-0.2, 0) is 16.0 Å². The molecular formula is C17H16N4O4S. The van der Waals surface area contributed by atoms with Crippen LogP contribution in [0, 0.1) is 6.92 Å². The fourth-order valence-electron chi connectivity index (χ4n) is 2.31. The minimum absolute atomic E-state index is 0.0275. The largest absolute Gasteiger partial charge is 0.466 e. The average Bonchev–Trinajstić information content (AvgIpc) is 3.02. The normalized spacial score (nSPS) is 10.7. The van der Waals surface area contributed by atoms with Crippen LogP contribution in [0.25, 0.3) is 5.65 Å². The van der Waals surface area contributed by atoms with Crippen LogP contribution in [0.15, 0.2) is 34.7 Å². The lowest BCUT2D eigenvalue weighted by Gasteiger charge is -2.05. The first-order valence-electron chi connectivity index (χ1n) is 7.87. The summed E-state index contributed by atoms with van der Waals surface area (Å²) in [5, 5.41) is 4.52. The van der Waals surface area contributed by atoms with Gasteiger partial charge in [0.1, 0.15) is 11.2 Å². The number of fused-ring (bicyclic) bond motifs is 1. The summed E-state index contributed by atoms with van der Waals surface area (Å²) >= 11 is 1.16. The number of thiazole rings is 1. The molecule has 26 heavy (non-hydrogen) atoms. The lowest BCUT2D eigenvalue weighted by Crippen LogP contribution is -2.26. The molecule has 0 radical (unpaired) electrons. The van der Waals surface area contributed by atoms with Crippen molar-refractivity contribution in [1.82, 2.24) is 14.4 Å². The third kappa shape index (κ3) is 3.77. The van der Waals surface area contributed by atoms with Crippen LogP contribution >= 0.6 is 11.3 Å². The first-order chi connectivity index (χ1) is 12.5. The number of anilines is 1. The van der Waals surface area contributed by atoms with Gasteiger partial charge in [0.2, 0.25) is 0 Å². The zero-order valence-electron chi connectivity index (χ0n) is 14.2. The maximum absolute atomic E-state index is 12.5. The van der Waals surface area contributed by atoms with Gasteiger partial charge in [0.15, 0.2) is 5.13 Å². The Morgan fingerprint density at radius 3 is 2.92 bits per heavy atom. The van der Waals surface area contributed by atoms with Crippen molar-refractivity contribution in [3.05, 3.63) is 57.1 Å². The maximum atomic E-state index is 12.5. The molecule has 3 aromatic heterocycles. The lowest BCUT2D eigenvalue weighted by atomic mass is 10.3. The number of pyridine rings is 1. The highest BCUT2D eigenvalue weighted by Gasteiger charge is 2.16. The third-order valence-electron chi connectivity index (χ3n) is 3.50. The molecule has 0 bridgehead atoms. The second kappa shape index (κ2) is 7.44. The average molecular weight is 372 g/mol. The second-order valence-corrected chi connectivity index (χ2v) is 6.35. The number of nitrogens with one attached hydrogen (secondary N) is 1. The number of aryl methyl sites for hydroxylation is 1. The molecule has 8 nitrogen and oxygen atoms in total. The van der Waals surface area contributed by atoms with Gasteiger partial charge in [-0.2, -0.15) is 0 Å². The number of hydrogen-bond donors (Lipinski definition) is 1. The van der Waals surface area contributed by atoms with Crippen molar-refractivity contribution in [1.29, 1.82) is 0 Å². The van der Waals surface area contributed by atoms with Crippen LogP contribution in [0.2, 0.25) is 0 Å². The number of rotatable bonds is 5. The van der Waals surface area contributed by atoms with Crippen molar-refractivity contribution in [2.24, 2.45) is 0 Å². The SMILES string of the molecule is CCOC(=O)Cc1csc(NC(=O)c2cnc3ccc(C)cn3c2=O)n1. The van der Waals surface area contributed by atoms with Gasteiger partial charge in [-0.15, -0.1) is 11.3 Å². The minimum Gasteiger partial charge on any atom is -0.466 e. The molecule has 0 aliphatic carbocycles. The molecule has 3 aromatic rings. The first kappa shape index (κ1) is 17.7. The first-order valence-corrected chi connectivity index (χ1v) is 8.75. The number of ether oxygens (including phenoxy) is 1. The minimum atomic E-state index is -0.601. The van der Waals surface area contributed by atoms with Crippen LogP contribution in [0.5, 0.6) is 0 Å². The van der Waals surface area contributed by atoms with Gasteiger partial charge in [0.05, 0.1) is 18.7 Å². The van der Waals surface area contributed by atoms with Gasteiger partial charge in [-0.05, 0) is 25.5 Å². The monoisotopic (exact) mass is 372 g/mol. The maximum Gasteiger partial charge on any atom is 0.311 e. The lowest BCUT2D eigenvalue weighted by molar-refractivity contribution is -0.142. The zero-order valence-corrected chi connectivity index (χ0v) is 15.0. The Morgan fingerprint density at radius 2 is 2.15 bits per heavy atom. The van der Waals surface area contributed by atoms with E-state index in [1.54, 1.807) is 24.6 Å². The van der Waals surface area contributed by atoms with E-state index in [2.05, 4.69) is 15.3 Å². The summed E-state index contributed by atoms with van der Waals surface area (Å²) in [4.78, 5) is 44.7. The molecule has 0 spiro atoms. The van der Waals surface area contributed by atoms with Gasteiger partial charge in [-0.25, -0.2) is 9.97 Å². The van der Waals surface area contributed by atoms with E-state index in [0.717, 1.165) is 16.9 Å². The van der Waals surface area contributed by atoms with E-state index in [1.165, 1.54) is 10.6 Å². The predicted octanol–water partition coefficient (Wildman–Crippen LogP) is 1.82. The molecule has 0 fully saturated rings. The number of amides is 1. The summed E-state index contributed by atoms with van der Waals surface area (Å²) in [5.41, 5.74) is 1.29. The zero-order chi connectivity index (χ0) is 18.7. The van der Waals surface area contributed by atoms with Crippen LogP contribution in [-0.4, -0.2) is 32.9 Å². The Hall–Kier alpha value is -3.07. The smallest absolute Gasteiger partial charge is 0.311 e. The quantitative estimate of drug-likeness (QED) is 0.685. The van der Waals surface area contributed by atoms with Crippen LogP contribution < -0.4 is 10.9 Å². The van der Waals surface area contributed by atoms with E-state index in [1.807, 2.05) is 13.0 Å². The third-order valence-corrected chi connectivity index (χ3v) is 4.30. The molecule has 0 atom stereocenters. The van der Waals surface area contributed by atoms with Crippen molar-refractivity contribution in [3.8, 4) is 0 Å². The van der Waals surface area contributed by atoms with Gasteiger partial charge in [-0.3, -0.25) is 24.1 Å². The van der Waals surface area contributed by atoms with Crippen molar-refractivity contribution < 1.29 is 14.3 Å². The fourth-order valence-corrected chi connectivity index (χ4v) is 3.01. The molecule has 3 rings (SSSR count). The topological polar surface area (TPSA) is 103 Å².